The van der Waals surface area contributed by atoms with Gasteiger partial charge in [0.2, 0.25) is 0 Å². The second-order valence-electron chi connectivity index (χ2n) is 22.0. The van der Waals surface area contributed by atoms with Gasteiger partial charge in [-0.15, -0.1) is 0 Å². The predicted molar refractivity (Wildman–Crippen MR) is 283 cm³/mol. The molecule has 0 saturated heterocycles. The molecular weight excluding hydrogens is 1020 g/mol. The topological polar surface area (TPSA) is 36.9 Å². The first kappa shape index (κ1) is 44.9. The number of fused-ring (bicyclic) bond motifs is 5. The van der Waals surface area contributed by atoms with Gasteiger partial charge in [-0.25, -0.2) is 4.98 Å². The Morgan fingerprint density at radius 3 is 1.83 bits per heavy atom. The molecule has 0 bridgehead atoms. The predicted octanol–water partition coefficient (Wildman–Crippen LogP) is 16.6. The van der Waals surface area contributed by atoms with Crippen LogP contribution in [0.5, 0.6) is 11.5 Å². The molecule has 0 spiro atoms. The summed E-state index contributed by atoms with van der Waals surface area (Å²) in [6.07, 6.45) is 3.93. The molecule has 11 rings (SSSR count). The fourth-order valence-corrected chi connectivity index (χ4v) is 11.6. The molecule has 3 heterocycles. The minimum absolute atomic E-state index is 0.00779. The molecule has 10 aromatic rings. The third kappa shape index (κ3) is 8.03. The Kier molecular flexibility index (Phi) is 11.0. The molecule has 0 aliphatic heterocycles. The second kappa shape index (κ2) is 16.8. The van der Waals surface area contributed by atoms with Gasteiger partial charge in [-0.05, 0) is 29.2 Å². The summed E-state index contributed by atoms with van der Waals surface area (Å²) in [5.41, 5.74) is 17.2. The minimum atomic E-state index is -0.0216. The third-order valence-corrected chi connectivity index (χ3v) is 15.3. The van der Waals surface area contributed by atoms with Crippen LogP contribution in [0.3, 0.4) is 0 Å². The number of imidazole rings is 1. The number of aromatic nitrogens is 4. The van der Waals surface area contributed by atoms with Gasteiger partial charge in [-0.1, -0.05) is 39.0 Å². The molecule has 1 aliphatic rings. The van der Waals surface area contributed by atoms with Crippen molar-refractivity contribution in [3.63, 3.8) is 0 Å². The second-order valence-corrected chi connectivity index (χ2v) is 23.0. The molecule has 0 N–H and O–H groups in total. The van der Waals surface area contributed by atoms with Crippen LogP contribution in [0.15, 0.2) is 170 Å². The van der Waals surface area contributed by atoms with Crippen LogP contribution in [0.2, 0.25) is 0 Å². The van der Waals surface area contributed by atoms with Gasteiger partial charge < -0.3 is 0 Å². The number of nitrogens with zero attached hydrogens (tertiary/aromatic N) is 4. The Balaban J connectivity index is 1.04. The summed E-state index contributed by atoms with van der Waals surface area (Å²) in [5.74, 6) is 2.53. The summed E-state index contributed by atoms with van der Waals surface area (Å²) in [4.78, 5) is 4.92. The van der Waals surface area contributed by atoms with Crippen molar-refractivity contribution in [1.29, 1.82) is 0 Å². The Morgan fingerprint density at radius 2 is 1.12 bits per heavy atom. The molecule has 0 radical (unpaired) electrons. The molecule has 348 valence electrons. The summed E-state index contributed by atoms with van der Waals surface area (Å²) in [6.45, 7) is 20.7. The first-order valence-electron chi connectivity index (χ1n) is 24.4. The van der Waals surface area contributed by atoms with Crippen LogP contribution < -0.4 is 4.74 Å². The van der Waals surface area contributed by atoms with E-state index in [1.54, 1.807) is 0 Å². The van der Waals surface area contributed by atoms with Crippen molar-refractivity contribution in [2.75, 3.05) is 0 Å². The van der Waals surface area contributed by atoms with Gasteiger partial charge in [-0.3, -0.25) is 0 Å². The zero-order valence-corrected chi connectivity index (χ0v) is 43.4. The number of hydrogen-bond acceptors (Lipinski definition) is 2. The summed E-state index contributed by atoms with van der Waals surface area (Å²) in [7, 11) is 0. The molecule has 7 aromatic carbocycles. The van der Waals surface area contributed by atoms with Crippen molar-refractivity contribution in [3.05, 3.63) is 202 Å². The van der Waals surface area contributed by atoms with E-state index < -0.39 is 0 Å². The monoisotopic (exact) mass is 1080 g/mol. The first-order chi connectivity index (χ1) is 33.0. The van der Waals surface area contributed by atoms with E-state index in [0.717, 1.165) is 45.0 Å². The van der Waals surface area contributed by atoms with Crippen molar-refractivity contribution in [2.45, 2.75) is 97.4 Å². The van der Waals surface area contributed by atoms with E-state index in [4.69, 9.17) is 9.72 Å². The quantitative estimate of drug-likeness (QED) is 0.159. The van der Waals surface area contributed by atoms with Crippen LogP contribution in [0, 0.1) is 3.80 Å². The van der Waals surface area contributed by atoms with Gasteiger partial charge in [0.1, 0.15) is 0 Å². The maximum absolute atomic E-state index is 6.90. The van der Waals surface area contributed by atoms with Crippen LogP contribution in [0.1, 0.15) is 103 Å². The SMILES string of the molecule is CC(C)(C)c1cc(-c2cccc(-c3ccccc3)c2-n2[c](=[Pt])n(C3CCc4ccc(Oc5ccc6c7ccccc7n(-c7cc(C(C)(C)C)ccn7)c6c5)cc43)c3ccccc32)cc(C(C)(C)C)c1. The molecular formula is C63H60N4OPt. The number of pyridine rings is 1. The van der Waals surface area contributed by atoms with Gasteiger partial charge in [-0.2, -0.15) is 0 Å². The van der Waals surface area contributed by atoms with Crippen LogP contribution >= 0.6 is 0 Å². The fourth-order valence-electron chi connectivity index (χ4n) is 10.5. The van der Waals surface area contributed by atoms with Crippen LogP contribution in [-0.2, 0) is 42.0 Å². The molecule has 0 amide bonds. The Bertz CT molecular complexity index is 3650. The number of rotatable bonds is 7. The molecule has 3 aromatic heterocycles. The van der Waals surface area contributed by atoms with Gasteiger partial charge in [0.15, 0.2) is 0 Å². The summed E-state index contributed by atoms with van der Waals surface area (Å²) in [5, 5.41) is 2.37. The van der Waals surface area contributed by atoms with Crippen LogP contribution in [-0.4, -0.2) is 18.7 Å². The summed E-state index contributed by atoms with van der Waals surface area (Å²) >= 11 is 2.62. The average molecular weight is 1080 g/mol. The number of ether oxygens (including phenoxy) is 1. The molecule has 6 heteroatoms. The van der Waals surface area contributed by atoms with Gasteiger partial charge in [0, 0.05) is 6.20 Å². The zero-order chi connectivity index (χ0) is 48.0. The number of aryl methyl sites for hydroxylation is 1. The maximum atomic E-state index is 6.90. The van der Waals surface area contributed by atoms with Crippen molar-refractivity contribution >= 4 is 32.8 Å². The standard InChI is InChI=1S/C63H60N4O.Pt/c1-61(2,3)44-32-33-64-59(37-44)67-55-23-14-13-20-51(55)52-30-29-48(39-58(52)67)68-47-28-26-42-27-31-54(53(42)38-47)65-40-66(57-25-16-15-24-56(57)65)60-49(41-18-11-10-12-19-41)21-17-22-50(60)43-34-45(62(4,5)6)36-46(35-43)63(7,8)9;/h10-26,28-30,32-39,54H,27,31H2,1-9H3;. The first-order valence-corrected chi connectivity index (χ1v) is 25.5. The van der Waals surface area contributed by atoms with Gasteiger partial charge >= 0.3 is 341 Å². The van der Waals surface area contributed by atoms with Gasteiger partial charge in [0.25, 0.3) is 0 Å². The molecule has 0 saturated carbocycles. The molecule has 0 fully saturated rings. The van der Waals surface area contributed by atoms with Crippen molar-refractivity contribution in [3.8, 4) is 45.3 Å². The van der Waals surface area contributed by atoms with E-state index in [-0.39, 0.29) is 22.3 Å². The number of para-hydroxylation sites is 4. The molecule has 1 unspecified atom stereocenters. The van der Waals surface area contributed by atoms with Gasteiger partial charge in [0.05, 0.1) is 0 Å². The van der Waals surface area contributed by atoms with E-state index in [9.17, 15) is 0 Å². The molecule has 1 atom stereocenters. The van der Waals surface area contributed by atoms with Crippen molar-refractivity contribution in [2.24, 2.45) is 0 Å². The Hall–Kier alpha value is -6.55. The van der Waals surface area contributed by atoms with E-state index in [0.29, 0.717) is 0 Å². The van der Waals surface area contributed by atoms with Crippen LogP contribution in [0.4, 0.5) is 0 Å². The Morgan fingerprint density at radius 1 is 0.507 bits per heavy atom. The molecule has 1 aliphatic carbocycles. The fraction of sp³-hybridized carbons (Fsp3) is 0.238. The van der Waals surface area contributed by atoms with Crippen molar-refractivity contribution < 1.29 is 24.1 Å². The van der Waals surface area contributed by atoms with Crippen molar-refractivity contribution in [1.82, 2.24) is 18.7 Å². The average Bonchev–Trinajstić information content (AvgIpc) is 3.99. The summed E-state index contributed by atoms with van der Waals surface area (Å²) < 4.78 is 15.5. The molecule has 69 heavy (non-hydrogen) atoms. The van der Waals surface area contributed by atoms with E-state index in [1.807, 2.05) is 6.20 Å². The van der Waals surface area contributed by atoms with Crippen LogP contribution in [0.25, 0.3) is 66.6 Å². The Labute approximate surface area is 417 Å². The molecule has 5 nitrogen and oxygen atoms in total. The van der Waals surface area contributed by atoms with E-state index in [1.165, 1.54) is 77.6 Å². The third-order valence-electron chi connectivity index (χ3n) is 14.3. The summed E-state index contributed by atoms with van der Waals surface area (Å²) in [6, 6.07) is 60.3. The normalized spacial score (nSPS) is 14.3. The van der Waals surface area contributed by atoms with E-state index in [2.05, 4.69) is 259 Å². The number of hydrogen-bond donors (Lipinski definition) is 0. The van der Waals surface area contributed by atoms with E-state index >= 15 is 0 Å². The zero-order valence-electron chi connectivity index (χ0n) is 41.2. The number of benzene rings is 7.